The summed E-state index contributed by atoms with van der Waals surface area (Å²) in [5.74, 6) is 0.886. The largest absolute Gasteiger partial charge is 0.375 e. The van der Waals surface area contributed by atoms with E-state index in [1.807, 2.05) is 7.05 Å². The molecule has 0 spiro atoms. The number of hydrogen-bond donors (Lipinski definition) is 1. The van der Waals surface area contributed by atoms with E-state index in [0.717, 1.165) is 12.5 Å². The molecule has 1 N–H and O–H groups in total. The first kappa shape index (κ1) is 14.3. The molecule has 2 nitrogen and oxygen atoms in total. The highest BCUT2D eigenvalue weighted by Gasteiger charge is 2.62. The van der Waals surface area contributed by atoms with Gasteiger partial charge in [0.05, 0.1) is 12.2 Å². The van der Waals surface area contributed by atoms with Gasteiger partial charge in [-0.2, -0.15) is 0 Å². The second kappa shape index (κ2) is 5.13. The van der Waals surface area contributed by atoms with E-state index in [1.165, 1.54) is 32.1 Å². The van der Waals surface area contributed by atoms with Gasteiger partial charge in [0.1, 0.15) is 0 Å². The third-order valence-corrected chi connectivity index (χ3v) is 6.15. The van der Waals surface area contributed by atoms with Gasteiger partial charge in [0.15, 0.2) is 0 Å². The second-order valence-electron chi connectivity index (χ2n) is 7.29. The molecule has 0 aliphatic heterocycles. The Morgan fingerprint density at radius 1 is 1.33 bits per heavy atom. The number of fused-ring (bicyclic) bond motifs is 2. The lowest BCUT2D eigenvalue weighted by atomic mass is 9.70. The van der Waals surface area contributed by atoms with E-state index < -0.39 is 0 Å². The van der Waals surface area contributed by atoms with Crippen molar-refractivity contribution >= 4 is 0 Å². The molecule has 0 aromatic heterocycles. The van der Waals surface area contributed by atoms with Crippen LogP contribution in [0.4, 0.5) is 0 Å². The molecule has 0 aromatic carbocycles. The molecule has 2 bridgehead atoms. The highest BCUT2D eigenvalue weighted by atomic mass is 16.5. The van der Waals surface area contributed by atoms with Gasteiger partial charge in [0.25, 0.3) is 0 Å². The maximum absolute atomic E-state index is 6.40. The van der Waals surface area contributed by atoms with Gasteiger partial charge in [-0.05, 0) is 69.4 Å². The highest BCUT2D eigenvalue weighted by Crippen LogP contribution is 2.66. The molecule has 18 heavy (non-hydrogen) atoms. The minimum absolute atomic E-state index is 0.412. The van der Waals surface area contributed by atoms with Crippen LogP contribution >= 0.6 is 0 Å². The zero-order chi connectivity index (χ0) is 13.4. The molecule has 106 valence electrons. The Bertz CT molecular complexity index is 289. The number of ether oxygens (including phenoxy) is 1. The number of nitrogens with one attached hydrogen (secondary N) is 1. The first-order valence-electron chi connectivity index (χ1n) is 7.72. The van der Waals surface area contributed by atoms with E-state index in [9.17, 15) is 0 Å². The Hall–Kier alpha value is -0.0800. The maximum atomic E-state index is 6.40. The van der Waals surface area contributed by atoms with E-state index in [1.54, 1.807) is 0 Å². The lowest BCUT2D eigenvalue weighted by Gasteiger charge is -2.40. The summed E-state index contributed by atoms with van der Waals surface area (Å²) >= 11 is 0. The molecule has 2 aliphatic rings. The van der Waals surface area contributed by atoms with E-state index in [-0.39, 0.29) is 0 Å². The van der Waals surface area contributed by atoms with Crippen molar-refractivity contribution in [3.05, 3.63) is 0 Å². The summed E-state index contributed by atoms with van der Waals surface area (Å²) < 4.78 is 6.40. The monoisotopic (exact) mass is 253 g/mol. The van der Waals surface area contributed by atoms with Crippen LogP contribution in [0.5, 0.6) is 0 Å². The van der Waals surface area contributed by atoms with Crippen molar-refractivity contribution in [2.75, 3.05) is 13.6 Å². The minimum atomic E-state index is 0.412. The average Bonchev–Trinajstić information content (AvgIpc) is 2.62. The smallest absolute Gasteiger partial charge is 0.0640 e. The molecule has 0 saturated heterocycles. The van der Waals surface area contributed by atoms with Crippen molar-refractivity contribution < 1.29 is 4.74 Å². The Kier molecular flexibility index (Phi) is 4.08. The SMILES string of the molecule is CNCCCC(C)OC1CC2CCC1(C)C2(C)C. The van der Waals surface area contributed by atoms with Crippen LogP contribution in [0.25, 0.3) is 0 Å². The molecular weight excluding hydrogens is 222 g/mol. The lowest BCUT2D eigenvalue weighted by Crippen LogP contribution is -2.38. The van der Waals surface area contributed by atoms with Crippen LogP contribution < -0.4 is 5.32 Å². The van der Waals surface area contributed by atoms with E-state index >= 15 is 0 Å². The lowest BCUT2D eigenvalue weighted by molar-refractivity contribution is -0.0826. The van der Waals surface area contributed by atoms with Gasteiger partial charge >= 0.3 is 0 Å². The fourth-order valence-electron chi connectivity index (χ4n) is 4.25. The summed E-state index contributed by atoms with van der Waals surface area (Å²) in [5.41, 5.74) is 0.886. The minimum Gasteiger partial charge on any atom is -0.375 e. The van der Waals surface area contributed by atoms with Crippen molar-refractivity contribution in [1.29, 1.82) is 0 Å². The summed E-state index contributed by atoms with van der Waals surface area (Å²) in [6.45, 7) is 10.7. The molecule has 0 radical (unpaired) electrons. The van der Waals surface area contributed by atoms with Crippen molar-refractivity contribution in [2.24, 2.45) is 16.7 Å². The van der Waals surface area contributed by atoms with Gasteiger partial charge in [-0.3, -0.25) is 0 Å². The molecule has 2 rings (SSSR count). The molecule has 2 saturated carbocycles. The number of rotatable bonds is 6. The van der Waals surface area contributed by atoms with Gasteiger partial charge in [0, 0.05) is 0 Å². The van der Waals surface area contributed by atoms with Crippen molar-refractivity contribution in [3.63, 3.8) is 0 Å². The predicted octanol–water partition coefficient (Wildman–Crippen LogP) is 3.61. The zero-order valence-electron chi connectivity index (χ0n) is 12.9. The quantitative estimate of drug-likeness (QED) is 0.730. The van der Waals surface area contributed by atoms with Gasteiger partial charge in [-0.15, -0.1) is 0 Å². The van der Waals surface area contributed by atoms with Crippen molar-refractivity contribution in [2.45, 2.75) is 72.0 Å². The Morgan fingerprint density at radius 3 is 2.56 bits per heavy atom. The molecule has 4 atom stereocenters. The summed E-state index contributed by atoms with van der Waals surface area (Å²) in [7, 11) is 2.02. The molecular formula is C16H31NO. The molecule has 4 unspecified atom stereocenters. The predicted molar refractivity (Wildman–Crippen MR) is 76.7 cm³/mol. The first-order chi connectivity index (χ1) is 8.41. The van der Waals surface area contributed by atoms with Crippen molar-refractivity contribution in [1.82, 2.24) is 5.32 Å². The van der Waals surface area contributed by atoms with Gasteiger partial charge < -0.3 is 10.1 Å². The van der Waals surface area contributed by atoms with Crippen LogP contribution in [-0.2, 0) is 4.74 Å². The average molecular weight is 253 g/mol. The van der Waals surface area contributed by atoms with Crippen LogP contribution in [-0.4, -0.2) is 25.8 Å². The first-order valence-corrected chi connectivity index (χ1v) is 7.72. The molecule has 0 aromatic rings. The third kappa shape index (κ3) is 2.22. The topological polar surface area (TPSA) is 21.3 Å². The normalized spacial score (nSPS) is 39.2. The third-order valence-electron chi connectivity index (χ3n) is 6.15. The Morgan fingerprint density at radius 2 is 2.06 bits per heavy atom. The molecule has 2 fully saturated rings. The summed E-state index contributed by atoms with van der Waals surface area (Å²) in [5, 5.41) is 3.21. The van der Waals surface area contributed by atoms with Crippen molar-refractivity contribution in [3.8, 4) is 0 Å². The molecule has 2 aliphatic carbocycles. The molecule has 2 heteroatoms. The number of hydrogen-bond acceptors (Lipinski definition) is 2. The van der Waals surface area contributed by atoms with Crippen LogP contribution in [0.2, 0.25) is 0 Å². The summed E-state index contributed by atoms with van der Waals surface area (Å²) in [6, 6.07) is 0. The van der Waals surface area contributed by atoms with E-state index in [4.69, 9.17) is 4.74 Å². The van der Waals surface area contributed by atoms with E-state index in [0.29, 0.717) is 23.0 Å². The zero-order valence-corrected chi connectivity index (χ0v) is 12.9. The standard InChI is InChI=1S/C16H31NO/c1-12(7-6-10-17-5)18-14-11-13-8-9-16(14,4)15(13,2)3/h12-14,17H,6-11H2,1-5H3. The summed E-state index contributed by atoms with van der Waals surface area (Å²) in [4.78, 5) is 0. The molecule has 0 heterocycles. The fraction of sp³-hybridized carbons (Fsp3) is 1.00. The van der Waals surface area contributed by atoms with Gasteiger partial charge in [-0.25, -0.2) is 0 Å². The summed E-state index contributed by atoms with van der Waals surface area (Å²) in [6.07, 6.45) is 7.37. The Labute approximate surface area is 113 Å². The maximum Gasteiger partial charge on any atom is 0.0640 e. The highest BCUT2D eigenvalue weighted by molar-refractivity contribution is 5.11. The second-order valence-corrected chi connectivity index (χ2v) is 7.29. The van der Waals surface area contributed by atoms with E-state index in [2.05, 4.69) is 33.0 Å². The van der Waals surface area contributed by atoms with Gasteiger partial charge in [-0.1, -0.05) is 20.8 Å². The fourth-order valence-corrected chi connectivity index (χ4v) is 4.25. The van der Waals surface area contributed by atoms with Crippen LogP contribution in [0.1, 0.15) is 59.8 Å². The van der Waals surface area contributed by atoms with Crippen LogP contribution in [0.15, 0.2) is 0 Å². The molecule has 0 amide bonds. The van der Waals surface area contributed by atoms with Gasteiger partial charge in [0.2, 0.25) is 0 Å². The van der Waals surface area contributed by atoms with Crippen LogP contribution in [0, 0.1) is 16.7 Å². The van der Waals surface area contributed by atoms with Crippen LogP contribution in [0.3, 0.4) is 0 Å². The Balaban J connectivity index is 1.88.